The number of nitrogens with zero attached hydrogens (tertiary/aromatic N) is 1. The Hall–Kier alpha value is -2.58. The Morgan fingerprint density at radius 2 is 1.63 bits per heavy atom. The predicted octanol–water partition coefficient (Wildman–Crippen LogP) is 5.72. The highest BCUT2D eigenvalue weighted by molar-refractivity contribution is 9.10. The molecule has 0 fully saturated rings. The van der Waals surface area contributed by atoms with Crippen molar-refractivity contribution >= 4 is 39.0 Å². The van der Waals surface area contributed by atoms with Crippen LogP contribution in [0.5, 0.6) is 0 Å². The van der Waals surface area contributed by atoms with Gasteiger partial charge in [-0.15, -0.1) is 0 Å². The first kappa shape index (κ1) is 16.6. The Bertz CT molecular complexity index is 1260. The van der Waals surface area contributed by atoms with E-state index in [4.69, 9.17) is 0 Å². The van der Waals surface area contributed by atoms with Crippen molar-refractivity contribution in [2.24, 2.45) is 0 Å². The average molecular weight is 414 g/mol. The summed E-state index contributed by atoms with van der Waals surface area (Å²) in [7, 11) is 0. The maximum Gasteiger partial charge on any atom is 0.0546 e. The van der Waals surface area contributed by atoms with Gasteiger partial charge in [-0.05, 0) is 66.8 Å². The molecule has 0 radical (unpaired) electrons. The van der Waals surface area contributed by atoms with Gasteiger partial charge in [-0.2, -0.15) is 0 Å². The van der Waals surface area contributed by atoms with E-state index in [1.165, 1.54) is 43.8 Å². The highest BCUT2D eigenvalue weighted by Crippen LogP contribution is 2.28. The van der Waals surface area contributed by atoms with E-state index in [9.17, 15) is 0 Å². The zero-order chi connectivity index (χ0) is 18.4. The van der Waals surface area contributed by atoms with Crippen LogP contribution in [-0.4, -0.2) is 4.57 Å². The van der Waals surface area contributed by atoms with E-state index in [1.807, 2.05) is 0 Å². The first-order valence-corrected chi connectivity index (χ1v) is 10.2. The Morgan fingerprint density at radius 3 is 2.44 bits per heavy atom. The molecule has 0 saturated heterocycles. The highest BCUT2D eigenvalue weighted by atomic mass is 79.9. The molecule has 0 atom stereocenters. The van der Waals surface area contributed by atoms with Gasteiger partial charge in [0, 0.05) is 26.1 Å². The summed E-state index contributed by atoms with van der Waals surface area (Å²) in [5, 5.41) is 4.03. The fourth-order valence-corrected chi connectivity index (χ4v) is 4.74. The highest BCUT2D eigenvalue weighted by Gasteiger charge is 2.12. The molecule has 1 nitrogen and oxygen atoms in total. The molecule has 4 aromatic rings. The van der Waals surface area contributed by atoms with Crippen molar-refractivity contribution in [1.82, 2.24) is 4.57 Å². The van der Waals surface area contributed by atoms with Crippen LogP contribution in [0, 0.1) is 6.92 Å². The molecule has 0 spiro atoms. The second-order valence-electron chi connectivity index (χ2n) is 7.20. The largest absolute Gasteiger partial charge is 0.310 e. The Kier molecular flexibility index (Phi) is 4.02. The van der Waals surface area contributed by atoms with Crippen LogP contribution in [0.3, 0.4) is 0 Å². The molecule has 2 heteroatoms. The molecular formula is C25H20BrN. The second-order valence-corrected chi connectivity index (χ2v) is 8.12. The van der Waals surface area contributed by atoms with Crippen molar-refractivity contribution in [2.45, 2.75) is 19.8 Å². The summed E-state index contributed by atoms with van der Waals surface area (Å²) >= 11 is 3.64. The molecule has 1 aliphatic carbocycles. The first-order valence-electron chi connectivity index (χ1n) is 9.38. The van der Waals surface area contributed by atoms with Gasteiger partial charge in [0.2, 0.25) is 0 Å². The summed E-state index contributed by atoms with van der Waals surface area (Å²) in [5.41, 5.74) is 6.25. The zero-order valence-corrected chi connectivity index (χ0v) is 16.8. The van der Waals surface area contributed by atoms with Crippen molar-refractivity contribution in [1.29, 1.82) is 0 Å². The second kappa shape index (κ2) is 6.54. The van der Waals surface area contributed by atoms with Gasteiger partial charge >= 0.3 is 0 Å². The lowest BCUT2D eigenvalue weighted by Gasteiger charge is -2.09. The molecule has 1 aromatic heterocycles. The van der Waals surface area contributed by atoms with E-state index >= 15 is 0 Å². The van der Waals surface area contributed by atoms with Crippen LogP contribution in [0.2, 0.25) is 0 Å². The monoisotopic (exact) mass is 413 g/mol. The Labute approximate surface area is 167 Å². The van der Waals surface area contributed by atoms with Crippen LogP contribution in [0.15, 0.2) is 71.2 Å². The maximum atomic E-state index is 3.64. The predicted molar refractivity (Wildman–Crippen MR) is 119 cm³/mol. The quantitative estimate of drug-likeness (QED) is 0.395. The molecule has 0 saturated carbocycles. The van der Waals surface area contributed by atoms with Crippen LogP contribution in [0.1, 0.15) is 18.4 Å². The topological polar surface area (TPSA) is 4.93 Å². The molecule has 0 unspecified atom stereocenters. The fraction of sp³-hybridized carbons (Fsp3) is 0.120. The molecule has 0 bridgehead atoms. The lowest BCUT2D eigenvalue weighted by Crippen LogP contribution is -2.30. The molecular weight excluding hydrogens is 394 g/mol. The van der Waals surface area contributed by atoms with E-state index < -0.39 is 0 Å². The summed E-state index contributed by atoms with van der Waals surface area (Å²) in [6.45, 7) is 2.14. The number of aromatic nitrogens is 1. The zero-order valence-electron chi connectivity index (χ0n) is 15.2. The van der Waals surface area contributed by atoms with Gasteiger partial charge in [0.15, 0.2) is 0 Å². The first-order chi connectivity index (χ1) is 13.2. The third-order valence-electron chi connectivity index (χ3n) is 5.29. The fourth-order valence-electron chi connectivity index (χ4n) is 4.13. The molecule has 1 aliphatic rings. The summed E-state index contributed by atoms with van der Waals surface area (Å²) in [6.07, 6.45) is 6.99. The van der Waals surface area contributed by atoms with Gasteiger partial charge < -0.3 is 4.57 Å². The number of para-hydroxylation sites is 1. The minimum absolute atomic E-state index is 1.10. The molecule has 0 amide bonds. The Morgan fingerprint density at radius 1 is 0.815 bits per heavy atom. The van der Waals surface area contributed by atoms with Crippen molar-refractivity contribution in [3.05, 3.63) is 87.3 Å². The van der Waals surface area contributed by atoms with E-state index in [-0.39, 0.29) is 0 Å². The van der Waals surface area contributed by atoms with E-state index in [2.05, 4.69) is 106 Å². The molecule has 27 heavy (non-hydrogen) atoms. The number of rotatable bonds is 2. The van der Waals surface area contributed by atoms with Crippen LogP contribution in [0.4, 0.5) is 0 Å². The van der Waals surface area contributed by atoms with E-state index in [0.717, 1.165) is 17.3 Å². The van der Waals surface area contributed by atoms with Crippen LogP contribution < -0.4 is 10.6 Å². The van der Waals surface area contributed by atoms with Gasteiger partial charge in [0.05, 0.1) is 5.52 Å². The number of halogens is 1. The number of aryl methyl sites for hydroxylation is 1. The van der Waals surface area contributed by atoms with Gasteiger partial charge in [-0.3, -0.25) is 0 Å². The van der Waals surface area contributed by atoms with Crippen LogP contribution in [0.25, 0.3) is 39.9 Å². The summed E-state index contributed by atoms with van der Waals surface area (Å²) in [6, 6.07) is 24.2. The molecule has 3 aromatic carbocycles. The standard InChI is InChI=1S/C25H20BrN/c1-17-13-19(15-20(26)14-17)18-11-12-23-22-9-5-6-10-24(22)27(25(23)16-18)21-7-3-2-4-8-21/h2-4,7-16H,5-6H2,1H3. The summed E-state index contributed by atoms with van der Waals surface area (Å²) < 4.78 is 3.53. The SMILES string of the molecule is Cc1cc(Br)cc(-c2ccc3c4c(n(-c5ccccc5)c3c2)=CCCC=4)c1. The van der Waals surface area contributed by atoms with Crippen molar-refractivity contribution in [2.75, 3.05) is 0 Å². The summed E-state index contributed by atoms with van der Waals surface area (Å²) in [4.78, 5) is 0. The molecule has 5 rings (SSSR count). The maximum absolute atomic E-state index is 3.64. The third kappa shape index (κ3) is 2.85. The van der Waals surface area contributed by atoms with E-state index in [0.29, 0.717) is 0 Å². The van der Waals surface area contributed by atoms with Crippen LogP contribution >= 0.6 is 15.9 Å². The third-order valence-corrected chi connectivity index (χ3v) is 5.75. The minimum atomic E-state index is 1.10. The number of benzene rings is 3. The van der Waals surface area contributed by atoms with Gasteiger partial charge in [0.25, 0.3) is 0 Å². The van der Waals surface area contributed by atoms with E-state index in [1.54, 1.807) is 0 Å². The number of fused-ring (bicyclic) bond motifs is 3. The van der Waals surface area contributed by atoms with Crippen molar-refractivity contribution < 1.29 is 0 Å². The van der Waals surface area contributed by atoms with Gasteiger partial charge in [-0.25, -0.2) is 0 Å². The van der Waals surface area contributed by atoms with Gasteiger partial charge in [-0.1, -0.05) is 64.5 Å². The molecule has 0 aliphatic heterocycles. The van der Waals surface area contributed by atoms with Crippen molar-refractivity contribution in [3.8, 4) is 16.8 Å². The molecule has 1 heterocycles. The molecule has 132 valence electrons. The smallest absolute Gasteiger partial charge is 0.0546 e. The minimum Gasteiger partial charge on any atom is -0.310 e. The number of hydrogen-bond acceptors (Lipinski definition) is 0. The Balaban J connectivity index is 1.85. The normalized spacial score (nSPS) is 13.1. The van der Waals surface area contributed by atoms with Crippen molar-refractivity contribution in [3.63, 3.8) is 0 Å². The van der Waals surface area contributed by atoms with Gasteiger partial charge in [0.1, 0.15) is 0 Å². The molecule has 0 N–H and O–H groups in total. The number of hydrogen-bond donors (Lipinski definition) is 0. The lowest BCUT2D eigenvalue weighted by atomic mass is 10.0. The lowest BCUT2D eigenvalue weighted by molar-refractivity contribution is 1.02. The van der Waals surface area contributed by atoms with Crippen LogP contribution in [-0.2, 0) is 0 Å². The average Bonchev–Trinajstić information content (AvgIpc) is 3.01. The summed E-state index contributed by atoms with van der Waals surface area (Å²) in [5.74, 6) is 0.